The summed E-state index contributed by atoms with van der Waals surface area (Å²) in [6, 6.07) is 47.6. The summed E-state index contributed by atoms with van der Waals surface area (Å²) in [5, 5.41) is 6.25. The van der Waals surface area contributed by atoms with Crippen molar-refractivity contribution in [1.29, 1.82) is 0 Å². The minimum absolute atomic E-state index is 0.00471. The molecular formula is C68H74BN3O. The Morgan fingerprint density at radius 2 is 0.932 bits per heavy atom. The van der Waals surface area contributed by atoms with Crippen LogP contribution in [-0.4, -0.2) is 15.9 Å². The molecule has 370 valence electrons. The number of benzene rings is 7. The molecule has 73 heavy (non-hydrogen) atoms. The zero-order valence-corrected chi connectivity index (χ0v) is 46.9. The Morgan fingerprint density at radius 1 is 0.397 bits per heavy atom. The lowest BCUT2D eigenvalue weighted by atomic mass is 9.47. The van der Waals surface area contributed by atoms with Crippen molar-refractivity contribution < 1.29 is 4.42 Å². The average molecular weight is 960 g/mol. The molecule has 0 saturated carbocycles. The molecule has 5 heteroatoms. The Hall–Kier alpha value is -6.46. The van der Waals surface area contributed by atoms with Gasteiger partial charge in [-0.2, -0.15) is 0 Å². The largest absolute Gasteiger partial charge is 0.466 e. The number of fused-ring (bicyclic) bond motifs is 13. The maximum atomic E-state index is 7.90. The third-order valence-electron chi connectivity index (χ3n) is 16.5. The van der Waals surface area contributed by atoms with Crippen molar-refractivity contribution >= 4 is 89.6 Å². The van der Waals surface area contributed by atoms with E-state index in [1.807, 2.05) is 0 Å². The minimum Gasteiger partial charge on any atom is -0.466 e. The molecule has 0 atom stereocenters. The van der Waals surface area contributed by atoms with E-state index in [-0.39, 0.29) is 39.3 Å². The number of furan rings is 1. The van der Waals surface area contributed by atoms with Gasteiger partial charge in [-0.1, -0.05) is 185 Å². The summed E-state index contributed by atoms with van der Waals surface area (Å²) in [6.45, 7) is 41.9. The maximum Gasteiger partial charge on any atom is 0.376 e. The molecule has 3 aromatic heterocycles. The molecule has 5 heterocycles. The number of nitrogens with zero attached hydrogens (tertiary/aromatic N) is 3. The molecule has 2 aliphatic rings. The van der Waals surface area contributed by atoms with Gasteiger partial charge >= 0.3 is 6.85 Å². The van der Waals surface area contributed by atoms with Gasteiger partial charge in [0.2, 0.25) is 0 Å². The molecule has 0 saturated heterocycles. The molecule has 12 rings (SSSR count). The fourth-order valence-electron chi connectivity index (χ4n) is 12.2. The highest BCUT2D eigenvalue weighted by molar-refractivity contribution is 6.89. The van der Waals surface area contributed by atoms with Gasteiger partial charge in [0.05, 0.1) is 22.2 Å². The van der Waals surface area contributed by atoms with Crippen LogP contribution in [0.1, 0.15) is 158 Å². The number of hydrogen-bond acceptors (Lipinski definition) is 2. The summed E-state index contributed by atoms with van der Waals surface area (Å²) in [4.78, 5) is 2.60. The zero-order valence-electron chi connectivity index (χ0n) is 46.9. The molecule has 0 N–H and O–H groups in total. The zero-order chi connectivity index (χ0) is 52.0. The Morgan fingerprint density at radius 3 is 1.53 bits per heavy atom. The Balaban J connectivity index is 1.34. The highest BCUT2D eigenvalue weighted by Crippen LogP contribution is 2.53. The van der Waals surface area contributed by atoms with Crippen molar-refractivity contribution in [2.45, 2.75) is 157 Å². The van der Waals surface area contributed by atoms with E-state index >= 15 is 0 Å². The van der Waals surface area contributed by atoms with E-state index in [1.165, 1.54) is 105 Å². The van der Waals surface area contributed by atoms with E-state index in [0.717, 1.165) is 28.3 Å². The smallest absolute Gasteiger partial charge is 0.376 e. The van der Waals surface area contributed by atoms with Crippen molar-refractivity contribution in [3.63, 3.8) is 0 Å². The van der Waals surface area contributed by atoms with Gasteiger partial charge in [0.15, 0.2) is 0 Å². The standard InChI is InChI=1S/C68H74BN3O/c1-63(2,3)39-24-27-45(28-25-39)71-55-38-43(67(13,14)15)33-49-51-35-41(65(7,8)9)34-50-47-30-29-46-48-32-40(64(4,5)6)26-31-54(48)70(44-22-20-19-21-23-44)58(46)59(47)72(57(50)51)69(56(49)55)62-60(71)52-36-42(66(10,11)12)37-53(61(52)73-62)68(16,17)18/h19-38H,1-18H3. The second-order valence-corrected chi connectivity index (χ2v) is 28.0. The Labute approximate surface area is 434 Å². The van der Waals surface area contributed by atoms with E-state index in [4.69, 9.17) is 4.42 Å². The SMILES string of the molecule is CC(C)(C)c1ccc(N2c3cc(C(C)(C)C)cc4c3B(c3oc5c(C(C)(C)C)cc(C(C)(C)C)cc5c32)n2c3c-4cc(C(C)(C)C)cc3c3ccc4c5cc(C(C)(C)C)ccc5n(-c5ccccc5)c4c32)cc1. The van der Waals surface area contributed by atoms with E-state index in [9.17, 15) is 0 Å². The molecule has 2 aliphatic heterocycles. The predicted molar refractivity (Wildman–Crippen MR) is 316 cm³/mol. The van der Waals surface area contributed by atoms with E-state index < -0.39 is 0 Å². The maximum absolute atomic E-state index is 7.90. The molecule has 4 nitrogen and oxygen atoms in total. The van der Waals surface area contributed by atoms with Crippen LogP contribution in [0, 0.1) is 0 Å². The normalized spacial score (nSPS) is 14.4. The van der Waals surface area contributed by atoms with Crippen LogP contribution in [0.25, 0.3) is 71.4 Å². The highest BCUT2D eigenvalue weighted by atomic mass is 16.3. The molecule has 0 bridgehead atoms. The molecule has 10 aromatic rings. The van der Waals surface area contributed by atoms with Gasteiger partial charge in [-0.25, -0.2) is 0 Å². The van der Waals surface area contributed by atoms with Crippen LogP contribution in [0.5, 0.6) is 0 Å². The van der Waals surface area contributed by atoms with Gasteiger partial charge in [-0.15, -0.1) is 0 Å². The summed E-state index contributed by atoms with van der Waals surface area (Å²) in [5.74, 6) is 0. The molecule has 0 radical (unpaired) electrons. The summed E-state index contributed by atoms with van der Waals surface area (Å²) in [5.41, 5.74) is 22.7. The van der Waals surface area contributed by atoms with Crippen LogP contribution < -0.4 is 16.0 Å². The van der Waals surface area contributed by atoms with Crippen LogP contribution in [0.3, 0.4) is 0 Å². The van der Waals surface area contributed by atoms with Gasteiger partial charge in [-0.3, -0.25) is 0 Å². The van der Waals surface area contributed by atoms with Crippen LogP contribution in [-0.2, 0) is 32.5 Å². The summed E-state index contributed by atoms with van der Waals surface area (Å²) >= 11 is 0. The molecule has 0 spiro atoms. The third-order valence-corrected chi connectivity index (χ3v) is 16.5. The lowest BCUT2D eigenvalue weighted by molar-refractivity contribution is 0.557. The summed E-state index contributed by atoms with van der Waals surface area (Å²) in [6.07, 6.45) is 0. The van der Waals surface area contributed by atoms with Gasteiger partial charge in [0.25, 0.3) is 0 Å². The number of aromatic nitrogens is 2. The first kappa shape index (κ1) is 47.5. The monoisotopic (exact) mass is 960 g/mol. The van der Waals surface area contributed by atoms with E-state index in [1.54, 1.807) is 0 Å². The van der Waals surface area contributed by atoms with Crippen LogP contribution >= 0.6 is 0 Å². The second kappa shape index (κ2) is 15.1. The molecule has 7 aromatic carbocycles. The molecule has 0 unspecified atom stereocenters. The Kier molecular flexibility index (Phi) is 9.82. The average Bonchev–Trinajstić information content (AvgIpc) is 3.96. The van der Waals surface area contributed by atoms with Crippen molar-refractivity contribution in [3.8, 4) is 16.8 Å². The quantitative estimate of drug-likeness (QED) is 0.161. The highest BCUT2D eigenvalue weighted by Gasteiger charge is 2.48. The van der Waals surface area contributed by atoms with Crippen molar-refractivity contribution in [2.24, 2.45) is 0 Å². The molecule has 0 fully saturated rings. The number of hydrogen-bond donors (Lipinski definition) is 0. The van der Waals surface area contributed by atoms with E-state index in [0.29, 0.717) is 0 Å². The third kappa shape index (κ3) is 7.07. The summed E-state index contributed by atoms with van der Waals surface area (Å²) in [7, 11) is 0. The molecular weight excluding hydrogens is 886 g/mol. The van der Waals surface area contributed by atoms with Crippen molar-refractivity contribution in [2.75, 3.05) is 4.90 Å². The van der Waals surface area contributed by atoms with Gasteiger partial charge in [0.1, 0.15) is 11.2 Å². The van der Waals surface area contributed by atoms with Crippen LogP contribution in [0.15, 0.2) is 126 Å². The fraction of sp³-hybridized carbons (Fsp3) is 0.353. The first-order valence-corrected chi connectivity index (χ1v) is 26.9. The van der Waals surface area contributed by atoms with Gasteiger partial charge in [-0.05, 0) is 132 Å². The number of para-hydroxylation sites is 1. The van der Waals surface area contributed by atoms with Crippen molar-refractivity contribution in [1.82, 2.24) is 9.05 Å². The van der Waals surface area contributed by atoms with Gasteiger partial charge in [0, 0.05) is 60.6 Å². The fourth-order valence-corrected chi connectivity index (χ4v) is 12.2. The second-order valence-electron chi connectivity index (χ2n) is 28.0. The number of rotatable bonds is 2. The molecule has 0 aliphatic carbocycles. The summed E-state index contributed by atoms with van der Waals surface area (Å²) < 4.78 is 13.2. The lowest BCUT2D eigenvalue weighted by Gasteiger charge is -2.40. The predicted octanol–water partition coefficient (Wildman–Crippen LogP) is 17.8. The molecule has 0 amide bonds. The van der Waals surface area contributed by atoms with E-state index in [2.05, 4.69) is 260 Å². The first-order chi connectivity index (χ1) is 34.0. The number of anilines is 3. The van der Waals surface area contributed by atoms with Crippen molar-refractivity contribution in [3.05, 3.63) is 155 Å². The van der Waals surface area contributed by atoms with Crippen LogP contribution in [0.2, 0.25) is 0 Å². The lowest BCUT2D eigenvalue weighted by Crippen LogP contribution is -2.56. The van der Waals surface area contributed by atoms with Gasteiger partial charge < -0.3 is 18.4 Å². The Bertz CT molecular complexity index is 3940. The minimum atomic E-state index is -0.289. The first-order valence-electron chi connectivity index (χ1n) is 26.9. The topological polar surface area (TPSA) is 26.2 Å². The van der Waals surface area contributed by atoms with Crippen LogP contribution in [0.4, 0.5) is 17.1 Å².